The van der Waals surface area contributed by atoms with Crippen molar-refractivity contribution >= 4 is 5.96 Å². The lowest BCUT2D eigenvalue weighted by molar-refractivity contribution is -0.0500. The maximum atomic E-state index is 12.0. The first-order valence-electron chi connectivity index (χ1n) is 6.04. The first-order chi connectivity index (χ1) is 9.15. The zero-order valence-corrected chi connectivity index (χ0v) is 10.6. The summed E-state index contributed by atoms with van der Waals surface area (Å²) in [6, 6.07) is 3.12. The molecule has 0 bridgehead atoms. The number of hydrogen-bond acceptors (Lipinski definition) is 5. The average molecular weight is 270 g/mol. The van der Waals surface area contributed by atoms with Gasteiger partial charge in [0, 0.05) is 20.1 Å². The van der Waals surface area contributed by atoms with E-state index in [9.17, 15) is 8.78 Å². The van der Waals surface area contributed by atoms with Crippen LogP contribution in [0.25, 0.3) is 0 Å². The number of pyridine rings is 1. The highest BCUT2D eigenvalue weighted by Crippen LogP contribution is 2.12. The Balaban J connectivity index is 1.87. The molecule has 0 fully saturated rings. The van der Waals surface area contributed by atoms with Gasteiger partial charge in [0.05, 0.1) is 18.4 Å². The number of ether oxygens (including phenoxy) is 1. The van der Waals surface area contributed by atoms with Crippen LogP contribution in [-0.2, 0) is 6.54 Å². The highest BCUT2D eigenvalue weighted by molar-refractivity contribution is 5.80. The molecule has 1 aromatic heterocycles. The molecule has 0 aliphatic carbocycles. The molecule has 2 heterocycles. The zero-order valence-electron chi connectivity index (χ0n) is 10.6. The van der Waals surface area contributed by atoms with E-state index in [-0.39, 0.29) is 5.75 Å². The third-order valence-electron chi connectivity index (χ3n) is 2.73. The Morgan fingerprint density at radius 3 is 2.95 bits per heavy atom. The van der Waals surface area contributed by atoms with E-state index in [2.05, 4.69) is 20.0 Å². The Morgan fingerprint density at radius 2 is 2.32 bits per heavy atom. The van der Waals surface area contributed by atoms with Gasteiger partial charge in [-0.05, 0) is 18.6 Å². The topological polar surface area (TPSA) is 49.8 Å². The fraction of sp³-hybridized carbons (Fsp3) is 0.500. The van der Waals surface area contributed by atoms with Crippen molar-refractivity contribution in [1.82, 2.24) is 15.2 Å². The molecule has 1 aromatic rings. The van der Waals surface area contributed by atoms with E-state index in [4.69, 9.17) is 0 Å². The average Bonchev–Trinajstić information content (AvgIpc) is 2.39. The van der Waals surface area contributed by atoms with Crippen molar-refractivity contribution in [3.8, 4) is 5.75 Å². The van der Waals surface area contributed by atoms with Gasteiger partial charge >= 0.3 is 6.61 Å². The van der Waals surface area contributed by atoms with Crippen LogP contribution < -0.4 is 10.1 Å². The predicted octanol–water partition coefficient (Wildman–Crippen LogP) is 1.46. The molecule has 19 heavy (non-hydrogen) atoms. The summed E-state index contributed by atoms with van der Waals surface area (Å²) in [6.07, 6.45) is 2.34. The van der Waals surface area contributed by atoms with Crippen LogP contribution in [0.4, 0.5) is 8.78 Å². The van der Waals surface area contributed by atoms with Gasteiger partial charge in [-0.1, -0.05) is 0 Å². The lowest BCUT2D eigenvalue weighted by Gasteiger charge is -2.25. The first-order valence-corrected chi connectivity index (χ1v) is 6.04. The van der Waals surface area contributed by atoms with Gasteiger partial charge in [0.1, 0.15) is 5.75 Å². The first kappa shape index (κ1) is 13.5. The highest BCUT2D eigenvalue weighted by Gasteiger charge is 2.10. The van der Waals surface area contributed by atoms with E-state index in [1.165, 1.54) is 12.3 Å². The normalized spacial score (nSPS) is 15.4. The smallest absolute Gasteiger partial charge is 0.387 e. The Bertz CT molecular complexity index is 436. The van der Waals surface area contributed by atoms with Crippen LogP contribution in [0, 0.1) is 0 Å². The van der Waals surface area contributed by atoms with Gasteiger partial charge < -0.3 is 15.0 Å². The Morgan fingerprint density at radius 1 is 1.47 bits per heavy atom. The number of aromatic nitrogens is 1. The van der Waals surface area contributed by atoms with Crippen LogP contribution in [0.1, 0.15) is 12.1 Å². The van der Waals surface area contributed by atoms with Crippen LogP contribution in [0.5, 0.6) is 5.75 Å². The number of guanidine groups is 1. The quantitative estimate of drug-likeness (QED) is 0.900. The van der Waals surface area contributed by atoms with Crippen LogP contribution in [0.15, 0.2) is 23.3 Å². The monoisotopic (exact) mass is 270 g/mol. The van der Waals surface area contributed by atoms with Crippen molar-refractivity contribution in [2.75, 3.05) is 20.1 Å². The number of halogens is 2. The van der Waals surface area contributed by atoms with Crippen molar-refractivity contribution in [2.24, 2.45) is 4.99 Å². The summed E-state index contributed by atoms with van der Waals surface area (Å²) in [6.45, 7) is -0.532. The lowest BCUT2D eigenvalue weighted by atomic mass is 10.3. The molecular formula is C12H16F2N4O. The summed E-state index contributed by atoms with van der Waals surface area (Å²) in [5.74, 6) is 0.895. The second-order valence-electron chi connectivity index (χ2n) is 4.20. The molecule has 5 nitrogen and oxygen atoms in total. The molecule has 0 saturated heterocycles. The van der Waals surface area contributed by atoms with Gasteiger partial charge in [0.2, 0.25) is 0 Å². The summed E-state index contributed by atoms with van der Waals surface area (Å²) in [7, 11) is 1.97. The Labute approximate surface area is 110 Å². The highest BCUT2D eigenvalue weighted by atomic mass is 19.3. The molecule has 2 rings (SSSR count). The van der Waals surface area contributed by atoms with Gasteiger partial charge in [-0.15, -0.1) is 0 Å². The van der Waals surface area contributed by atoms with Crippen molar-refractivity contribution in [3.05, 3.63) is 24.0 Å². The number of nitrogens with zero attached hydrogens (tertiary/aromatic N) is 3. The number of aliphatic imine (C=N–C) groups is 1. The number of nitrogens with one attached hydrogen (secondary N) is 1. The van der Waals surface area contributed by atoms with Gasteiger partial charge in [0.15, 0.2) is 5.96 Å². The van der Waals surface area contributed by atoms with E-state index >= 15 is 0 Å². The second kappa shape index (κ2) is 6.31. The Hall–Kier alpha value is -1.92. The summed E-state index contributed by atoms with van der Waals surface area (Å²) in [4.78, 5) is 10.4. The molecule has 104 valence electrons. The minimum Gasteiger partial charge on any atom is -0.433 e. The third-order valence-corrected chi connectivity index (χ3v) is 2.73. The van der Waals surface area contributed by atoms with E-state index < -0.39 is 6.61 Å². The minimum atomic E-state index is -2.82. The fourth-order valence-corrected chi connectivity index (χ4v) is 1.77. The molecule has 1 aliphatic rings. The predicted molar refractivity (Wildman–Crippen MR) is 67.3 cm³/mol. The minimum absolute atomic E-state index is 0.0610. The molecule has 0 amide bonds. The van der Waals surface area contributed by atoms with Crippen LogP contribution in [-0.4, -0.2) is 42.6 Å². The number of hydrogen-bond donors (Lipinski definition) is 1. The van der Waals surface area contributed by atoms with E-state index in [1.807, 2.05) is 11.9 Å². The van der Waals surface area contributed by atoms with Crippen LogP contribution >= 0.6 is 0 Å². The summed E-state index contributed by atoms with van der Waals surface area (Å²) < 4.78 is 28.2. The van der Waals surface area contributed by atoms with E-state index in [1.54, 1.807) is 6.07 Å². The van der Waals surface area contributed by atoms with E-state index in [0.717, 1.165) is 31.2 Å². The molecule has 0 unspecified atom stereocenters. The zero-order chi connectivity index (χ0) is 13.7. The van der Waals surface area contributed by atoms with Crippen molar-refractivity contribution in [2.45, 2.75) is 19.6 Å². The number of rotatable bonds is 4. The molecule has 0 spiro atoms. The van der Waals surface area contributed by atoms with Crippen LogP contribution in [0.3, 0.4) is 0 Å². The molecule has 0 atom stereocenters. The molecule has 7 heteroatoms. The molecule has 0 aromatic carbocycles. The van der Waals surface area contributed by atoms with Crippen molar-refractivity contribution < 1.29 is 13.5 Å². The lowest BCUT2D eigenvalue weighted by Crippen LogP contribution is -2.41. The Kier molecular flexibility index (Phi) is 4.48. The molecule has 1 N–H and O–H groups in total. The summed E-state index contributed by atoms with van der Waals surface area (Å²) in [5, 5.41) is 3.17. The molecule has 0 saturated carbocycles. The SMILES string of the molecule is CN1CCCN=C1NCc1ccc(OC(F)F)cn1. The molecular weight excluding hydrogens is 254 g/mol. The third kappa shape index (κ3) is 4.04. The van der Waals surface area contributed by atoms with Gasteiger partial charge in [0.25, 0.3) is 0 Å². The number of alkyl halides is 2. The maximum absolute atomic E-state index is 12.0. The van der Waals surface area contributed by atoms with Gasteiger partial charge in [-0.2, -0.15) is 8.78 Å². The standard InChI is InChI=1S/C12H16F2N4O/c1-18-6-2-5-15-12(18)17-7-9-3-4-10(8-16-9)19-11(13)14/h3-4,8,11H,2,5-7H2,1H3,(H,15,17). The van der Waals surface area contributed by atoms with Crippen molar-refractivity contribution in [3.63, 3.8) is 0 Å². The molecule has 0 radical (unpaired) electrons. The van der Waals surface area contributed by atoms with Crippen molar-refractivity contribution in [1.29, 1.82) is 0 Å². The van der Waals surface area contributed by atoms with Crippen LogP contribution in [0.2, 0.25) is 0 Å². The maximum Gasteiger partial charge on any atom is 0.387 e. The second-order valence-corrected chi connectivity index (χ2v) is 4.20. The summed E-state index contributed by atoms with van der Waals surface area (Å²) in [5.41, 5.74) is 0.739. The van der Waals surface area contributed by atoms with Gasteiger partial charge in [-0.25, -0.2) is 0 Å². The van der Waals surface area contributed by atoms with Gasteiger partial charge in [-0.3, -0.25) is 9.98 Å². The largest absolute Gasteiger partial charge is 0.433 e. The fourth-order valence-electron chi connectivity index (χ4n) is 1.77. The molecule has 1 aliphatic heterocycles. The van der Waals surface area contributed by atoms with E-state index in [0.29, 0.717) is 6.54 Å². The summed E-state index contributed by atoms with van der Waals surface area (Å²) >= 11 is 0.